The maximum atomic E-state index is 12.3. The van der Waals surface area contributed by atoms with E-state index in [1.54, 1.807) is 6.92 Å². The molecule has 0 fully saturated rings. The number of ether oxygens (including phenoxy) is 1. The Kier molecular flexibility index (Phi) is 6.60. The third-order valence-electron chi connectivity index (χ3n) is 3.75. The molecule has 0 atom stereocenters. The van der Waals surface area contributed by atoms with Crippen LogP contribution in [0.15, 0.2) is 0 Å². The van der Waals surface area contributed by atoms with E-state index >= 15 is 0 Å². The number of hydrogen-bond acceptors (Lipinski definition) is 5. The molecule has 1 aromatic heterocycles. The van der Waals surface area contributed by atoms with Crippen LogP contribution in [0.4, 0.5) is 9.80 Å². The molecule has 132 valence electrons. The van der Waals surface area contributed by atoms with Gasteiger partial charge in [-0.25, -0.2) is 9.59 Å². The fourth-order valence-electron chi connectivity index (χ4n) is 2.68. The Morgan fingerprint density at radius 1 is 1.21 bits per heavy atom. The van der Waals surface area contributed by atoms with Crippen molar-refractivity contribution in [3.8, 4) is 0 Å². The SMILES string of the molecule is CCOC(=O)c1c(NC(=O)NCCC(=O)O)sc2c1CCCCC2. The number of carboxylic acids is 1. The van der Waals surface area contributed by atoms with E-state index in [0.29, 0.717) is 10.6 Å². The molecule has 7 nitrogen and oxygen atoms in total. The Hall–Kier alpha value is -2.09. The number of rotatable bonds is 6. The number of carbonyl (C=O) groups excluding carboxylic acids is 2. The van der Waals surface area contributed by atoms with E-state index in [2.05, 4.69) is 10.6 Å². The lowest BCUT2D eigenvalue weighted by Gasteiger charge is -2.09. The van der Waals surface area contributed by atoms with Crippen molar-refractivity contribution in [2.75, 3.05) is 18.5 Å². The first-order chi connectivity index (χ1) is 11.5. The van der Waals surface area contributed by atoms with Gasteiger partial charge < -0.3 is 15.2 Å². The lowest BCUT2D eigenvalue weighted by atomic mass is 10.1. The van der Waals surface area contributed by atoms with Crippen molar-refractivity contribution < 1.29 is 24.2 Å². The second-order valence-corrected chi connectivity index (χ2v) is 6.62. The molecule has 0 aromatic carbocycles. The molecule has 1 aliphatic carbocycles. The first-order valence-electron chi connectivity index (χ1n) is 8.11. The minimum Gasteiger partial charge on any atom is -0.481 e. The van der Waals surface area contributed by atoms with Gasteiger partial charge in [0.25, 0.3) is 0 Å². The molecule has 2 amide bonds. The molecule has 2 rings (SSSR count). The molecule has 0 bridgehead atoms. The summed E-state index contributed by atoms with van der Waals surface area (Å²) >= 11 is 1.41. The van der Waals surface area contributed by atoms with E-state index in [1.807, 2.05) is 0 Å². The van der Waals surface area contributed by atoms with Crippen LogP contribution in [-0.4, -0.2) is 36.2 Å². The molecule has 0 saturated carbocycles. The van der Waals surface area contributed by atoms with Gasteiger partial charge in [0, 0.05) is 11.4 Å². The van der Waals surface area contributed by atoms with Gasteiger partial charge in [0.2, 0.25) is 0 Å². The Balaban J connectivity index is 2.17. The van der Waals surface area contributed by atoms with Crippen molar-refractivity contribution >= 4 is 34.3 Å². The van der Waals surface area contributed by atoms with Crippen LogP contribution in [-0.2, 0) is 22.4 Å². The molecule has 1 aromatic rings. The molecule has 1 heterocycles. The molecule has 8 heteroatoms. The number of hydrogen-bond donors (Lipinski definition) is 3. The van der Waals surface area contributed by atoms with Gasteiger partial charge in [0.1, 0.15) is 5.00 Å². The van der Waals surface area contributed by atoms with Crippen molar-refractivity contribution in [2.45, 2.75) is 45.4 Å². The number of carboxylic acid groups (broad SMARTS) is 1. The van der Waals surface area contributed by atoms with Crippen molar-refractivity contribution in [2.24, 2.45) is 0 Å². The zero-order chi connectivity index (χ0) is 17.5. The Bertz CT molecular complexity index is 626. The van der Waals surface area contributed by atoms with Gasteiger partial charge in [0.05, 0.1) is 18.6 Å². The molecule has 3 N–H and O–H groups in total. The number of urea groups is 1. The predicted molar refractivity (Wildman–Crippen MR) is 90.8 cm³/mol. The van der Waals surface area contributed by atoms with Crippen molar-refractivity contribution in [1.82, 2.24) is 5.32 Å². The Labute approximate surface area is 144 Å². The number of nitrogens with one attached hydrogen (secondary N) is 2. The van der Waals surface area contributed by atoms with Crippen LogP contribution in [0.25, 0.3) is 0 Å². The summed E-state index contributed by atoms with van der Waals surface area (Å²) in [5, 5.41) is 14.2. The number of amides is 2. The van der Waals surface area contributed by atoms with Crippen molar-refractivity contribution in [1.29, 1.82) is 0 Å². The highest BCUT2D eigenvalue weighted by Gasteiger charge is 2.26. The number of aliphatic carboxylic acids is 1. The van der Waals surface area contributed by atoms with Crippen LogP contribution >= 0.6 is 11.3 Å². The summed E-state index contributed by atoms with van der Waals surface area (Å²) in [5.41, 5.74) is 1.43. The summed E-state index contributed by atoms with van der Waals surface area (Å²) in [4.78, 5) is 35.9. The van der Waals surface area contributed by atoms with Gasteiger partial charge in [0.15, 0.2) is 0 Å². The Morgan fingerprint density at radius 3 is 2.67 bits per heavy atom. The number of fused-ring (bicyclic) bond motifs is 1. The van der Waals surface area contributed by atoms with Gasteiger partial charge in [-0.1, -0.05) is 6.42 Å². The molecule has 0 unspecified atom stereocenters. The molecule has 1 aliphatic rings. The summed E-state index contributed by atoms with van der Waals surface area (Å²) in [6, 6.07) is -0.516. The fourth-order valence-corrected chi connectivity index (χ4v) is 3.95. The molecular formula is C16H22N2O5S. The van der Waals surface area contributed by atoms with Gasteiger partial charge in [-0.15, -0.1) is 11.3 Å². The zero-order valence-corrected chi connectivity index (χ0v) is 14.5. The summed E-state index contributed by atoms with van der Waals surface area (Å²) in [6.45, 7) is 2.04. The lowest BCUT2D eigenvalue weighted by molar-refractivity contribution is -0.136. The van der Waals surface area contributed by atoms with E-state index in [0.717, 1.165) is 42.5 Å². The summed E-state index contributed by atoms with van der Waals surface area (Å²) in [7, 11) is 0. The number of thiophene rings is 1. The van der Waals surface area contributed by atoms with Gasteiger partial charge in [-0.2, -0.15) is 0 Å². The number of anilines is 1. The summed E-state index contributed by atoms with van der Waals surface area (Å²) in [5.74, 6) is -1.40. The molecule has 0 radical (unpaired) electrons. The predicted octanol–water partition coefficient (Wildman–Crippen LogP) is 2.79. The van der Waals surface area contributed by atoms with E-state index in [-0.39, 0.29) is 19.6 Å². The number of esters is 1. The van der Waals surface area contributed by atoms with Gasteiger partial charge >= 0.3 is 18.0 Å². The highest BCUT2D eigenvalue weighted by atomic mass is 32.1. The minimum atomic E-state index is -0.981. The monoisotopic (exact) mass is 354 g/mol. The average Bonchev–Trinajstić information content (AvgIpc) is 2.68. The van der Waals surface area contributed by atoms with Crippen molar-refractivity contribution in [3.63, 3.8) is 0 Å². The first kappa shape index (κ1) is 18.3. The van der Waals surface area contributed by atoms with E-state index < -0.39 is 18.0 Å². The molecule has 0 saturated heterocycles. The largest absolute Gasteiger partial charge is 0.481 e. The second kappa shape index (κ2) is 8.68. The van der Waals surface area contributed by atoms with E-state index in [1.165, 1.54) is 11.3 Å². The molecule has 0 spiro atoms. The highest BCUT2D eigenvalue weighted by Crippen LogP contribution is 2.37. The van der Waals surface area contributed by atoms with Crippen LogP contribution in [0.5, 0.6) is 0 Å². The maximum Gasteiger partial charge on any atom is 0.341 e. The van der Waals surface area contributed by atoms with Crippen LogP contribution in [0, 0.1) is 0 Å². The standard InChI is InChI=1S/C16H22N2O5S/c1-2-23-15(21)13-10-6-4-3-5-7-11(10)24-14(13)18-16(22)17-9-8-12(19)20/h2-9H2,1H3,(H,19,20)(H2,17,18,22). The third-order valence-corrected chi connectivity index (χ3v) is 4.96. The second-order valence-electron chi connectivity index (χ2n) is 5.51. The zero-order valence-electron chi connectivity index (χ0n) is 13.6. The number of aryl methyl sites for hydroxylation is 1. The summed E-state index contributed by atoms with van der Waals surface area (Å²) < 4.78 is 5.15. The van der Waals surface area contributed by atoms with Crippen LogP contribution in [0.3, 0.4) is 0 Å². The quantitative estimate of drug-likeness (QED) is 0.538. The summed E-state index contributed by atoms with van der Waals surface area (Å²) in [6.07, 6.45) is 4.76. The molecule has 24 heavy (non-hydrogen) atoms. The van der Waals surface area contributed by atoms with Crippen LogP contribution in [0.2, 0.25) is 0 Å². The van der Waals surface area contributed by atoms with Crippen LogP contribution in [0.1, 0.15) is 53.4 Å². The fraction of sp³-hybridized carbons (Fsp3) is 0.562. The smallest absolute Gasteiger partial charge is 0.341 e. The average molecular weight is 354 g/mol. The topological polar surface area (TPSA) is 105 Å². The maximum absolute atomic E-state index is 12.3. The third kappa shape index (κ3) is 4.70. The highest BCUT2D eigenvalue weighted by molar-refractivity contribution is 7.17. The minimum absolute atomic E-state index is 0.0288. The van der Waals surface area contributed by atoms with Gasteiger partial charge in [-0.3, -0.25) is 10.1 Å². The Morgan fingerprint density at radius 2 is 1.96 bits per heavy atom. The van der Waals surface area contributed by atoms with E-state index in [4.69, 9.17) is 9.84 Å². The van der Waals surface area contributed by atoms with Crippen LogP contribution < -0.4 is 10.6 Å². The van der Waals surface area contributed by atoms with E-state index in [9.17, 15) is 14.4 Å². The number of carbonyl (C=O) groups is 3. The molecule has 0 aliphatic heterocycles. The first-order valence-corrected chi connectivity index (χ1v) is 8.92. The normalized spacial score (nSPS) is 13.5. The van der Waals surface area contributed by atoms with Gasteiger partial charge in [-0.05, 0) is 38.2 Å². The van der Waals surface area contributed by atoms with Crippen molar-refractivity contribution in [3.05, 3.63) is 16.0 Å². The molecular weight excluding hydrogens is 332 g/mol. The lowest BCUT2D eigenvalue weighted by Crippen LogP contribution is -2.30.